The molecule has 3 nitrogen and oxygen atoms in total. The number of hydrogen-bond donors (Lipinski definition) is 2. The van der Waals surface area contributed by atoms with Crippen LogP contribution < -0.4 is 5.32 Å². The zero-order chi connectivity index (χ0) is 15.2. The number of rotatable bonds is 6. The molecule has 0 aliphatic heterocycles. The van der Waals surface area contributed by atoms with Crippen molar-refractivity contribution >= 4 is 5.69 Å². The molecule has 0 saturated carbocycles. The Morgan fingerprint density at radius 2 is 2.10 bits per heavy atom. The van der Waals surface area contributed by atoms with Crippen molar-refractivity contribution in [3.63, 3.8) is 0 Å². The zero-order valence-corrected chi connectivity index (χ0v) is 11.2. The molecule has 0 heterocycles. The molecule has 2 N–H and O–H groups in total. The molecule has 0 aliphatic rings. The van der Waals surface area contributed by atoms with Crippen LogP contribution in [0.3, 0.4) is 0 Å². The van der Waals surface area contributed by atoms with E-state index in [2.05, 4.69) is 5.32 Å². The first-order valence-corrected chi connectivity index (χ1v) is 6.36. The Morgan fingerprint density at radius 3 is 2.60 bits per heavy atom. The Bertz CT molecular complexity index is 480. The van der Waals surface area contributed by atoms with E-state index in [1.165, 1.54) is 12.1 Å². The predicted molar refractivity (Wildman–Crippen MR) is 70.2 cm³/mol. The van der Waals surface area contributed by atoms with E-state index >= 15 is 0 Å². The smallest absolute Gasteiger partial charge is 0.394 e. The number of hydrogen-bond acceptors (Lipinski definition) is 3. The van der Waals surface area contributed by atoms with Crippen LogP contribution in [0, 0.1) is 11.3 Å². The van der Waals surface area contributed by atoms with Crippen molar-refractivity contribution in [3.05, 3.63) is 29.3 Å². The fourth-order valence-corrected chi connectivity index (χ4v) is 1.96. The van der Waals surface area contributed by atoms with Crippen LogP contribution in [0.2, 0.25) is 0 Å². The van der Waals surface area contributed by atoms with Crippen molar-refractivity contribution in [2.24, 2.45) is 0 Å². The second-order valence-corrected chi connectivity index (χ2v) is 4.52. The molecule has 1 rings (SSSR count). The lowest BCUT2D eigenvalue weighted by atomic mass is 10.0. The summed E-state index contributed by atoms with van der Waals surface area (Å²) < 4.78 is 38.8. The number of benzene rings is 1. The molecule has 110 valence electrons. The van der Waals surface area contributed by atoms with Crippen molar-refractivity contribution in [1.29, 1.82) is 5.26 Å². The summed E-state index contributed by atoms with van der Waals surface area (Å²) in [4.78, 5) is 0. The maximum absolute atomic E-state index is 12.9. The normalized spacial score (nSPS) is 12.8. The van der Waals surface area contributed by atoms with Crippen molar-refractivity contribution in [2.75, 3.05) is 11.9 Å². The van der Waals surface area contributed by atoms with Gasteiger partial charge in [0.1, 0.15) is 0 Å². The Balaban J connectivity index is 3.03. The second kappa shape index (κ2) is 7.15. The van der Waals surface area contributed by atoms with Crippen LogP contribution in [0.4, 0.5) is 18.9 Å². The highest BCUT2D eigenvalue weighted by atomic mass is 19.4. The summed E-state index contributed by atoms with van der Waals surface area (Å²) in [6.45, 7) is 1.79. The molecular weight excluding hydrogens is 269 g/mol. The number of aliphatic hydroxyl groups excluding tert-OH is 1. The monoisotopic (exact) mass is 286 g/mol. The lowest BCUT2D eigenvalue weighted by Gasteiger charge is -2.19. The zero-order valence-electron chi connectivity index (χ0n) is 11.2. The van der Waals surface area contributed by atoms with Crippen molar-refractivity contribution in [2.45, 2.75) is 38.4 Å². The van der Waals surface area contributed by atoms with Crippen molar-refractivity contribution in [1.82, 2.24) is 0 Å². The SMILES string of the molecule is CCC[C@@H](CO)Nc1ccc(CC#N)c(C(F)(F)F)c1. The molecule has 0 aliphatic carbocycles. The average Bonchev–Trinajstić information content (AvgIpc) is 2.39. The van der Waals surface area contributed by atoms with Crippen LogP contribution in [-0.2, 0) is 12.6 Å². The standard InChI is InChI=1S/C14H17F3N2O/c1-2-3-12(9-20)19-11-5-4-10(6-7-18)13(8-11)14(15,16)17/h4-5,8,12,19-20H,2-3,6,9H2,1H3/t12-/m0/s1. The van der Waals surface area contributed by atoms with Crippen molar-refractivity contribution < 1.29 is 18.3 Å². The van der Waals surface area contributed by atoms with Gasteiger partial charge in [-0.3, -0.25) is 0 Å². The third kappa shape index (κ3) is 4.42. The van der Waals surface area contributed by atoms with Gasteiger partial charge in [-0.05, 0) is 24.1 Å². The van der Waals surface area contributed by atoms with Gasteiger partial charge in [0.05, 0.1) is 24.7 Å². The molecule has 1 aromatic rings. The number of nitriles is 1. The first kappa shape index (κ1) is 16.3. The lowest BCUT2D eigenvalue weighted by Crippen LogP contribution is -2.23. The third-order valence-electron chi connectivity index (χ3n) is 2.91. The van der Waals surface area contributed by atoms with Crippen LogP contribution in [0.25, 0.3) is 0 Å². The third-order valence-corrected chi connectivity index (χ3v) is 2.91. The largest absolute Gasteiger partial charge is 0.416 e. The minimum absolute atomic E-state index is 0.0402. The molecule has 0 saturated heterocycles. The highest BCUT2D eigenvalue weighted by Gasteiger charge is 2.33. The van der Waals surface area contributed by atoms with Gasteiger partial charge >= 0.3 is 6.18 Å². The Hall–Kier alpha value is -1.74. The van der Waals surface area contributed by atoms with E-state index in [-0.39, 0.29) is 24.6 Å². The highest BCUT2D eigenvalue weighted by Crippen LogP contribution is 2.34. The molecule has 0 bridgehead atoms. The van der Waals surface area contributed by atoms with E-state index in [0.29, 0.717) is 12.1 Å². The molecule has 6 heteroatoms. The van der Waals surface area contributed by atoms with Gasteiger partial charge in [0, 0.05) is 11.7 Å². The molecule has 0 aromatic heterocycles. The number of alkyl halides is 3. The van der Waals surface area contributed by atoms with Crippen LogP contribution >= 0.6 is 0 Å². The molecule has 1 atom stereocenters. The average molecular weight is 286 g/mol. The minimum atomic E-state index is -4.50. The summed E-state index contributed by atoms with van der Waals surface area (Å²) in [5.74, 6) is 0. The van der Waals surface area contributed by atoms with Crippen LogP contribution in [0.5, 0.6) is 0 Å². The van der Waals surface area contributed by atoms with E-state index in [9.17, 15) is 13.2 Å². The Kier molecular flexibility index (Phi) is 5.83. The summed E-state index contributed by atoms with van der Waals surface area (Å²) in [6, 6.07) is 5.24. The van der Waals surface area contributed by atoms with E-state index in [1.54, 1.807) is 6.07 Å². The molecule has 20 heavy (non-hydrogen) atoms. The summed E-state index contributed by atoms with van der Waals surface area (Å²) in [7, 11) is 0. The van der Waals surface area contributed by atoms with Gasteiger partial charge in [-0.15, -0.1) is 0 Å². The topological polar surface area (TPSA) is 56.0 Å². The summed E-state index contributed by atoms with van der Waals surface area (Å²) >= 11 is 0. The molecule has 0 radical (unpaired) electrons. The molecule has 1 aromatic carbocycles. The summed E-state index contributed by atoms with van der Waals surface area (Å²) in [5, 5.41) is 20.6. The molecular formula is C14H17F3N2O. The molecule has 0 fully saturated rings. The quantitative estimate of drug-likeness (QED) is 0.843. The number of halogens is 3. The van der Waals surface area contributed by atoms with Crippen LogP contribution in [0.15, 0.2) is 18.2 Å². The molecule has 0 amide bonds. The number of nitrogens with one attached hydrogen (secondary N) is 1. The fraction of sp³-hybridized carbons (Fsp3) is 0.500. The van der Waals surface area contributed by atoms with Crippen LogP contribution in [-0.4, -0.2) is 17.8 Å². The Labute approximate surface area is 116 Å². The van der Waals surface area contributed by atoms with Gasteiger partial charge in [0.25, 0.3) is 0 Å². The van der Waals surface area contributed by atoms with Gasteiger partial charge in [0.2, 0.25) is 0 Å². The van der Waals surface area contributed by atoms with Gasteiger partial charge < -0.3 is 10.4 Å². The minimum Gasteiger partial charge on any atom is -0.394 e. The van der Waals surface area contributed by atoms with Crippen molar-refractivity contribution in [3.8, 4) is 6.07 Å². The first-order chi connectivity index (χ1) is 9.42. The summed E-state index contributed by atoms with van der Waals surface area (Å²) in [5.41, 5.74) is -0.551. The van der Waals surface area contributed by atoms with E-state index in [4.69, 9.17) is 10.4 Å². The maximum Gasteiger partial charge on any atom is 0.416 e. The fourth-order valence-electron chi connectivity index (χ4n) is 1.96. The van der Waals surface area contributed by atoms with Gasteiger partial charge in [-0.25, -0.2) is 0 Å². The van der Waals surface area contributed by atoms with Gasteiger partial charge in [-0.1, -0.05) is 19.4 Å². The Morgan fingerprint density at radius 1 is 1.40 bits per heavy atom. The lowest BCUT2D eigenvalue weighted by molar-refractivity contribution is -0.138. The predicted octanol–water partition coefficient (Wildman–Crippen LogP) is 3.34. The maximum atomic E-state index is 12.9. The number of aliphatic hydroxyl groups is 1. The van der Waals surface area contributed by atoms with Gasteiger partial charge in [-0.2, -0.15) is 18.4 Å². The van der Waals surface area contributed by atoms with Gasteiger partial charge in [0.15, 0.2) is 0 Å². The van der Waals surface area contributed by atoms with Crippen LogP contribution in [0.1, 0.15) is 30.9 Å². The van der Waals surface area contributed by atoms with E-state index < -0.39 is 11.7 Å². The second-order valence-electron chi connectivity index (χ2n) is 4.52. The number of anilines is 1. The highest BCUT2D eigenvalue weighted by molar-refractivity contribution is 5.51. The van der Waals surface area contributed by atoms with E-state index in [1.807, 2.05) is 6.92 Å². The van der Waals surface area contributed by atoms with E-state index in [0.717, 1.165) is 12.5 Å². The molecule has 0 unspecified atom stereocenters. The number of nitrogens with zero attached hydrogens (tertiary/aromatic N) is 1. The molecule has 0 spiro atoms. The first-order valence-electron chi connectivity index (χ1n) is 6.36. The summed E-state index contributed by atoms with van der Waals surface area (Å²) in [6.07, 6.45) is -3.30.